The largest absolute Gasteiger partial charge is 0.309 e. The molecule has 0 spiro atoms. The number of fused-ring (bicyclic) bond motifs is 2. The molecule has 1 saturated carbocycles. The summed E-state index contributed by atoms with van der Waals surface area (Å²) in [6, 6.07) is 0. The van der Waals surface area contributed by atoms with Crippen LogP contribution in [0.3, 0.4) is 0 Å². The second kappa shape index (κ2) is 5.50. The van der Waals surface area contributed by atoms with Crippen molar-refractivity contribution in [2.75, 3.05) is 13.1 Å². The Kier molecular flexibility index (Phi) is 3.48. The Bertz CT molecular complexity index is 734. The van der Waals surface area contributed by atoms with E-state index in [9.17, 15) is 4.79 Å². The Balaban J connectivity index is 1.53. The summed E-state index contributed by atoms with van der Waals surface area (Å²) >= 11 is 0. The molecule has 1 aliphatic heterocycles. The van der Waals surface area contributed by atoms with Gasteiger partial charge in [-0.15, -0.1) is 0 Å². The minimum absolute atomic E-state index is 0.0827. The van der Waals surface area contributed by atoms with Gasteiger partial charge in [0.25, 0.3) is 5.56 Å². The summed E-state index contributed by atoms with van der Waals surface area (Å²) in [7, 11) is 1.83. The molecule has 0 amide bonds. The summed E-state index contributed by atoms with van der Waals surface area (Å²) in [5.41, 5.74) is 0.590. The van der Waals surface area contributed by atoms with Crippen LogP contribution in [0.4, 0.5) is 0 Å². The van der Waals surface area contributed by atoms with E-state index in [4.69, 9.17) is 0 Å². The Morgan fingerprint density at radius 3 is 2.95 bits per heavy atom. The van der Waals surface area contributed by atoms with Crippen LogP contribution >= 0.6 is 0 Å². The van der Waals surface area contributed by atoms with Gasteiger partial charge in [0, 0.05) is 13.6 Å². The average Bonchev–Trinajstić information content (AvgIpc) is 2.89. The number of likely N-dealkylation sites (tertiary alicyclic amines) is 1. The standard InChI is InChI=1S/C16H23N5O/c1-20-15-13(8-17-20)16(22)19-14(18-15)10-21-7-6-11-4-2-3-5-12(11)9-21/h8,11-12H,2-7,9-10H2,1H3,(H,18,19,22). The maximum atomic E-state index is 12.1. The maximum Gasteiger partial charge on any atom is 0.262 e. The van der Waals surface area contributed by atoms with Crippen molar-refractivity contribution >= 4 is 11.0 Å². The first-order valence-electron chi connectivity index (χ1n) is 8.34. The molecule has 2 aromatic heterocycles. The Labute approximate surface area is 129 Å². The number of aromatic amines is 1. The van der Waals surface area contributed by atoms with Crippen LogP contribution < -0.4 is 5.56 Å². The van der Waals surface area contributed by atoms with Crippen molar-refractivity contribution in [1.29, 1.82) is 0 Å². The zero-order valence-corrected chi connectivity index (χ0v) is 13.1. The van der Waals surface area contributed by atoms with Gasteiger partial charge in [-0.3, -0.25) is 14.4 Å². The monoisotopic (exact) mass is 301 g/mol. The van der Waals surface area contributed by atoms with E-state index in [0.717, 1.165) is 37.3 Å². The topological polar surface area (TPSA) is 66.8 Å². The van der Waals surface area contributed by atoms with Crippen molar-refractivity contribution in [2.45, 2.75) is 38.6 Å². The van der Waals surface area contributed by atoms with E-state index in [1.807, 2.05) is 7.05 Å². The van der Waals surface area contributed by atoms with Crippen molar-refractivity contribution in [1.82, 2.24) is 24.6 Å². The zero-order chi connectivity index (χ0) is 15.1. The molecule has 2 aromatic rings. The van der Waals surface area contributed by atoms with Gasteiger partial charge in [-0.2, -0.15) is 5.10 Å². The first-order valence-corrected chi connectivity index (χ1v) is 8.34. The van der Waals surface area contributed by atoms with Gasteiger partial charge in [0.15, 0.2) is 5.65 Å². The maximum absolute atomic E-state index is 12.1. The van der Waals surface area contributed by atoms with Gasteiger partial charge in [-0.25, -0.2) is 4.98 Å². The number of H-pyrrole nitrogens is 1. The van der Waals surface area contributed by atoms with Crippen LogP contribution in [0.1, 0.15) is 37.9 Å². The SMILES string of the molecule is Cn1ncc2c(=O)[nH]c(CN3CCC4CCCCC4C3)nc21. The fourth-order valence-electron chi connectivity index (χ4n) is 4.18. The van der Waals surface area contributed by atoms with Crippen molar-refractivity contribution in [3.05, 3.63) is 22.4 Å². The molecule has 1 aliphatic carbocycles. The fourth-order valence-corrected chi connectivity index (χ4v) is 4.18. The molecule has 0 radical (unpaired) electrons. The molecule has 0 bridgehead atoms. The average molecular weight is 301 g/mol. The molecule has 118 valence electrons. The van der Waals surface area contributed by atoms with E-state index in [-0.39, 0.29) is 5.56 Å². The number of aromatic nitrogens is 4. The lowest BCUT2D eigenvalue weighted by molar-refractivity contribution is 0.0803. The zero-order valence-electron chi connectivity index (χ0n) is 13.1. The van der Waals surface area contributed by atoms with E-state index >= 15 is 0 Å². The van der Waals surface area contributed by atoms with Gasteiger partial charge in [0.05, 0.1) is 12.7 Å². The summed E-state index contributed by atoms with van der Waals surface area (Å²) in [6.07, 6.45) is 8.44. The van der Waals surface area contributed by atoms with Gasteiger partial charge in [0.1, 0.15) is 11.2 Å². The number of rotatable bonds is 2. The molecule has 6 nitrogen and oxygen atoms in total. The highest BCUT2D eigenvalue weighted by Crippen LogP contribution is 2.36. The first-order chi connectivity index (χ1) is 10.7. The smallest absolute Gasteiger partial charge is 0.262 e. The van der Waals surface area contributed by atoms with Gasteiger partial charge in [-0.05, 0) is 31.2 Å². The molecular weight excluding hydrogens is 278 g/mol. The van der Waals surface area contributed by atoms with Crippen LogP contribution in [0, 0.1) is 11.8 Å². The summed E-state index contributed by atoms with van der Waals surface area (Å²) in [4.78, 5) is 22.1. The highest BCUT2D eigenvalue weighted by molar-refractivity contribution is 5.72. The lowest BCUT2D eigenvalue weighted by atomic mass is 9.75. The molecule has 22 heavy (non-hydrogen) atoms. The molecule has 2 unspecified atom stereocenters. The minimum Gasteiger partial charge on any atom is -0.309 e. The second-order valence-corrected chi connectivity index (χ2v) is 6.85. The van der Waals surface area contributed by atoms with Crippen LogP contribution in [0.2, 0.25) is 0 Å². The van der Waals surface area contributed by atoms with Crippen molar-refractivity contribution in [2.24, 2.45) is 18.9 Å². The van der Waals surface area contributed by atoms with Gasteiger partial charge >= 0.3 is 0 Å². The molecule has 4 rings (SSSR count). The second-order valence-electron chi connectivity index (χ2n) is 6.85. The first kappa shape index (κ1) is 13.9. The molecule has 0 aromatic carbocycles. The van der Waals surface area contributed by atoms with Crippen molar-refractivity contribution in [3.63, 3.8) is 0 Å². The highest BCUT2D eigenvalue weighted by Gasteiger charge is 2.31. The number of hydrogen-bond donors (Lipinski definition) is 1. The van der Waals surface area contributed by atoms with Crippen LogP contribution in [-0.4, -0.2) is 37.7 Å². The number of nitrogens with one attached hydrogen (secondary N) is 1. The van der Waals surface area contributed by atoms with E-state index in [2.05, 4.69) is 20.0 Å². The number of aryl methyl sites for hydroxylation is 1. The van der Waals surface area contributed by atoms with Crippen molar-refractivity contribution < 1.29 is 0 Å². The number of nitrogens with zero attached hydrogens (tertiary/aromatic N) is 4. The Morgan fingerprint density at radius 2 is 2.09 bits per heavy atom. The van der Waals surface area contributed by atoms with Crippen LogP contribution in [0.15, 0.2) is 11.0 Å². The normalized spacial score (nSPS) is 26.2. The molecule has 2 atom stereocenters. The third-order valence-electron chi connectivity index (χ3n) is 5.40. The minimum atomic E-state index is -0.0827. The molecule has 1 saturated heterocycles. The van der Waals surface area contributed by atoms with Gasteiger partial charge < -0.3 is 4.98 Å². The molecule has 3 heterocycles. The molecule has 6 heteroatoms. The highest BCUT2D eigenvalue weighted by atomic mass is 16.1. The number of hydrogen-bond acceptors (Lipinski definition) is 4. The van der Waals surface area contributed by atoms with Crippen LogP contribution in [0.25, 0.3) is 11.0 Å². The third kappa shape index (κ3) is 2.45. The third-order valence-corrected chi connectivity index (χ3v) is 5.40. The predicted molar refractivity (Wildman–Crippen MR) is 84.5 cm³/mol. The van der Waals surface area contributed by atoms with Gasteiger partial charge in [0.2, 0.25) is 0 Å². The van der Waals surface area contributed by atoms with E-state index in [0.29, 0.717) is 11.0 Å². The Morgan fingerprint density at radius 1 is 1.27 bits per heavy atom. The van der Waals surface area contributed by atoms with Gasteiger partial charge in [-0.1, -0.05) is 19.3 Å². The lowest BCUT2D eigenvalue weighted by Gasteiger charge is -2.41. The van der Waals surface area contributed by atoms with Crippen LogP contribution in [-0.2, 0) is 13.6 Å². The molecule has 2 aliphatic rings. The van der Waals surface area contributed by atoms with E-state index < -0.39 is 0 Å². The quantitative estimate of drug-likeness (QED) is 0.916. The summed E-state index contributed by atoms with van der Waals surface area (Å²) in [5, 5.41) is 4.69. The predicted octanol–water partition coefficient (Wildman–Crippen LogP) is 1.67. The summed E-state index contributed by atoms with van der Waals surface area (Å²) in [5.74, 6) is 2.53. The fraction of sp³-hybridized carbons (Fsp3) is 0.688. The molecule has 2 fully saturated rings. The molecular formula is C16H23N5O. The van der Waals surface area contributed by atoms with E-state index in [1.54, 1.807) is 10.9 Å². The number of piperidine rings is 1. The van der Waals surface area contributed by atoms with E-state index in [1.165, 1.54) is 32.1 Å². The Hall–Kier alpha value is -1.69. The lowest BCUT2D eigenvalue weighted by Crippen LogP contribution is -2.41. The summed E-state index contributed by atoms with van der Waals surface area (Å²) in [6.45, 7) is 3.01. The van der Waals surface area contributed by atoms with Crippen molar-refractivity contribution in [3.8, 4) is 0 Å². The molecule has 1 N–H and O–H groups in total. The summed E-state index contributed by atoms with van der Waals surface area (Å²) < 4.78 is 1.67. The van der Waals surface area contributed by atoms with Crippen LogP contribution in [0.5, 0.6) is 0 Å².